The molecular weight excluding hydrogens is 242 g/mol. The number of aromatic nitrogens is 1. The molecule has 0 bridgehead atoms. The molecule has 1 N–H and O–H groups in total. The quantitative estimate of drug-likeness (QED) is 0.858. The molecule has 2 aromatic rings. The Morgan fingerprint density at radius 3 is 2.95 bits per heavy atom. The molecule has 0 saturated carbocycles. The predicted octanol–water partition coefficient (Wildman–Crippen LogP) is 2.46. The third-order valence-corrected chi connectivity index (χ3v) is 3.76. The first kappa shape index (κ1) is 12.2. The van der Waals surface area contributed by atoms with E-state index < -0.39 is 0 Å². The van der Waals surface area contributed by atoms with Gasteiger partial charge in [0.2, 0.25) is 0 Å². The van der Waals surface area contributed by atoms with Gasteiger partial charge in [-0.2, -0.15) is 0 Å². The van der Waals surface area contributed by atoms with Crippen LogP contribution >= 0.6 is 0 Å². The molecule has 1 fully saturated rings. The van der Waals surface area contributed by atoms with Crippen molar-refractivity contribution in [2.45, 2.75) is 12.3 Å². The molecule has 4 heteroatoms. The van der Waals surface area contributed by atoms with Gasteiger partial charge < -0.3 is 14.5 Å². The summed E-state index contributed by atoms with van der Waals surface area (Å²) in [5.74, 6) is 0.0736. The smallest absolute Gasteiger partial charge is 0.313 e. The fourth-order valence-electron chi connectivity index (χ4n) is 2.63. The molecule has 1 aliphatic rings. The van der Waals surface area contributed by atoms with Crippen LogP contribution in [0.15, 0.2) is 30.5 Å². The van der Waals surface area contributed by atoms with Crippen molar-refractivity contribution in [1.82, 2.24) is 4.98 Å². The highest BCUT2D eigenvalue weighted by Gasteiger charge is 2.30. The zero-order valence-electron chi connectivity index (χ0n) is 10.9. The number of hydrogen-bond donors (Lipinski definition) is 1. The van der Waals surface area contributed by atoms with E-state index in [1.54, 1.807) is 0 Å². The number of nitrogens with one attached hydrogen (secondary N) is 1. The van der Waals surface area contributed by atoms with Gasteiger partial charge in [-0.3, -0.25) is 4.79 Å². The fourth-order valence-corrected chi connectivity index (χ4v) is 2.63. The molecule has 1 saturated heterocycles. The fraction of sp³-hybridized carbons (Fsp3) is 0.400. The van der Waals surface area contributed by atoms with Gasteiger partial charge in [-0.15, -0.1) is 0 Å². The number of aromatic amines is 1. The zero-order valence-corrected chi connectivity index (χ0v) is 10.9. The van der Waals surface area contributed by atoms with Crippen molar-refractivity contribution in [3.63, 3.8) is 0 Å². The van der Waals surface area contributed by atoms with E-state index in [0.717, 1.165) is 36.1 Å². The highest BCUT2D eigenvalue weighted by atomic mass is 16.5. The monoisotopic (exact) mass is 259 g/mol. The van der Waals surface area contributed by atoms with Crippen LogP contribution in [0.3, 0.4) is 0 Å². The summed E-state index contributed by atoms with van der Waals surface area (Å²) >= 11 is 0. The van der Waals surface area contributed by atoms with Crippen molar-refractivity contribution in [1.29, 1.82) is 0 Å². The second-order valence-corrected chi connectivity index (χ2v) is 5.00. The van der Waals surface area contributed by atoms with Crippen molar-refractivity contribution in [3.8, 4) is 0 Å². The van der Waals surface area contributed by atoms with Gasteiger partial charge in [-0.1, -0.05) is 18.2 Å². The van der Waals surface area contributed by atoms with Gasteiger partial charge in [0.25, 0.3) is 0 Å². The van der Waals surface area contributed by atoms with Crippen molar-refractivity contribution in [2.24, 2.45) is 5.92 Å². The first-order valence-electron chi connectivity index (χ1n) is 6.51. The topological polar surface area (TPSA) is 51.3 Å². The van der Waals surface area contributed by atoms with Crippen molar-refractivity contribution < 1.29 is 14.3 Å². The second-order valence-electron chi connectivity index (χ2n) is 5.00. The Labute approximate surface area is 111 Å². The summed E-state index contributed by atoms with van der Waals surface area (Å²) in [6.07, 6.45) is 2.71. The Bertz CT molecular complexity index is 586. The summed E-state index contributed by atoms with van der Waals surface area (Å²) in [5.41, 5.74) is 2.07. The minimum Gasteiger partial charge on any atom is -0.469 e. The maximum absolute atomic E-state index is 12.1. The Hall–Kier alpha value is -1.81. The van der Waals surface area contributed by atoms with E-state index in [1.807, 2.05) is 30.5 Å². The maximum atomic E-state index is 12.1. The number of fused-ring (bicyclic) bond motifs is 1. The molecule has 0 aliphatic carbocycles. The maximum Gasteiger partial charge on any atom is 0.313 e. The molecule has 19 heavy (non-hydrogen) atoms. The molecule has 2 heterocycles. The van der Waals surface area contributed by atoms with Gasteiger partial charge in [0.15, 0.2) is 0 Å². The summed E-state index contributed by atoms with van der Waals surface area (Å²) in [6, 6.07) is 8.02. The standard InChI is InChI=1S/C15H17NO3/c1-18-15(17)12(6-10-8-19-9-10)13-7-16-14-5-3-2-4-11(13)14/h2-5,7,10,12,16H,6,8-9H2,1H3. The van der Waals surface area contributed by atoms with E-state index in [9.17, 15) is 4.79 Å². The van der Waals surface area contributed by atoms with Gasteiger partial charge in [0.1, 0.15) is 0 Å². The van der Waals surface area contributed by atoms with Gasteiger partial charge in [0.05, 0.1) is 26.2 Å². The molecule has 1 aromatic carbocycles. The summed E-state index contributed by atoms with van der Waals surface area (Å²) in [4.78, 5) is 15.3. The van der Waals surface area contributed by atoms with E-state index in [-0.39, 0.29) is 11.9 Å². The second kappa shape index (κ2) is 5.05. The van der Waals surface area contributed by atoms with Gasteiger partial charge in [-0.05, 0) is 18.1 Å². The number of carbonyl (C=O) groups is 1. The van der Waals surface area contributed by atoms with Crippen LogP contribution in [0, 0.1) is 5.92 Å². The van der Waals surface area contributed by atoms with Crippen molar-refractivity contribution in [3.05, 3.63) is 36.0 Å². The number of para-hydroxylation sites is 1. The van der Waals surface area contributed by atoms with Crippen LogP contribution in [0.5, 0.6) is 0 Å². The number of rotatable bonds is 4. The lowest BCUT2D eigenvalue weighted by atomic mass is 9.87. The summed E-state index contributed by atoms with van der Waals surface area (Å²) in [6.45, 7) is 1.49. The average molecular weight is 259 g/mol. The van der Waals surface area contributed by atoms with Crippen LogP contribution in [0.2, 0.25) is 0 Å². The molecule has 1 aromatic heterocycles. The minimum absolute atomic E-state index is 0.170. The number of benzene rings is 1. The minimum atomic E-state index is -0.213. The Balaban J connectivity index is 1.95. The highest BCUT2D eigenvalue weighted by molar-refractivity contribution is 5.89. The van der Waals surface area contributed by atoms with Crippen LogP contribution in [0.25, 0.3) is 10.9 Å². The lowest BCUT2D eigenvalue weighted by molar-refractivity contribution is -0.144. The Morgan fingerprint density at radius 1 is 1.47 bits per heavy atom. The third-order valence-electron chi connectivity index (χ3n) is 3.76. The molecule has 0 radical (unpaired) electrons. The largest absolute Gasteiger partial charge is 0.469 e. The van der Waals surface area contributed by atoms with Crippen LogP contribution in [0.4, 0.5) is 0 Å². The third kappa shape index (κ3) is 2.24. The number of hydrogen-bond acceptors (Lipinski definition) is 3. The van der Waals surface area contributed by atoms with E-state index in [2.05, 4.69) is 4.98 Å². The number of ether oxygens (including phenoxy) is 2. The van der Waals surface area contributed by atoms with Gasteiger partial charge in [-0.25, -0.2) is 0 Å². The van der Waals surface area contributed by atoms with Crippen LogP contribution in [-0.4, -0.2) is 31.3 Å². The van der Waals surface area contributed by atoms with Gasteiger partial charge in [0, 0.05) is 23.0 Å². The molecule has 4 nitrogen and oxygen atoms in total. The first-order valence-corrected chi connectivity index (χ1v) is 6.51. The lowest BCUT2D eigenvalue weighted by Gasteiger charge is -2.28. The van der Waals surface area contributed by atoms with Crippen molar-refractivity contribution in [2.75, 3.05) is 20.3 Å². The molecule has 0 amide bonds. The highest BCUT2D eigenvalue weighted by Crippen LogP contribution is 2.33. The van der Waals surface area contributed by atoms with Gasteiger partial charge >= 0.3 is 5.97 Å². The first-order chi connectivity index (χ1) is 9.29. The van der Waals surface area contributed by atoms with Crippen molar-refractivity contribution >= 4 is 16.9 Å². The normalized spacial score (nSPS) is 17.1. The molecular formula is C15H17NO3. The number of H-pyrrole nitrogens is 1. The molecule has 1 aliphatic heterocycles. The molecule has 1 atom stereocenters. The Kier molecular flexibility index (Phi) is 3.25. The molecule has 3 rings (SSSR count). The van der Waals surface area contributed by atoms with E-state index in [0.29, 0.717) is 5.92 Å². The number of methoxy groups -OCH3 is 1. The SMILES string of the molecule is COC(=O)C(CC1COC1)c1c[nH]c2ccccc12. The average Bonchev–Trinajstić information content (AvgIpc) is 2.81. The van der Waals surface area contributed by atoms with Crippen LogP contribution < -0.4 is 0 Å². The number of esters is 1. The lowest BCUT2D eigenvalue weighted by Crippen LogP contribution is -2.31. The Morgan fingerprint density at radius 2 is 2.26 bits per heavy atom. The summed E-state index contributed by atoms with van der Waals surface area (Å²) in [7, 11) is 1.45. The van der Waals surface area contributed by atoms with Crippen LogP contribution in [-0.2, 0) is 14.3 Å². The summed E-state index contributed by atoms with van der Waals surface area (Å²) in [5, 5.41) is 1.10. The molecule has 1 unspecified atom stereocenters. The van der Waals surface area contributed by atoms with Crippen LogP contribution in [0.1, 0.15) is 17.9 Å². The van der Waals surface area contributed by atoms with E-state index >= 15 is 0 Å². The molecule has 0 spiro atoms. The number of carbonyl (C=O) groups excluding carboxylic acids is 1. The predicted molar refractivity (Wildman–Crippen MR) is 72.0 cm³/mol. The van der Waals surface area contributed by atoms with E-state index in [1.165, 1.54) is 7.11 Å². The van der Waals surface area contributed by atoms with E-state index in [4.69, 9.17) is 9.47 Å². The molecule has 100 valence electrons. The zero-order chi connectivity index (χ0) is 13.2. The summed E-state index contributed by atoms with van der Waals surface area (Å²) < 4.78 is 10.2.